The van der Waals surface area contributed by atoms with Crippen molar-refractivity contribution < 1.29 is 8.42 Å². The van der Waals surface area contributed by atoms with Crippen molar-refractivity contribution in [3.8, 4) is 0 Å². The Kier molecular flexibility index (Phi) is 5.38. The van der Waals surface area contributed by atoms with Gasteiger partial charge in [-0.25, -0.2) is 8.42 Å². The molecule has 0 bridgehead atoms. The minimum atomic E-state index is -3.13. The first-order valence-electron chi connectivity index (χ1n) is 7.17. The van der Waals surface area contributed by atoms with Gasteiger partial charge in [0.1, 0.15) is 0 Å². The monoisotopic (exact) mass is 301 g/mol. The van der Waals surface area contributed by atoms with Crippen molar-refractivity contribution in [3.63, 3.8) is 0 Å². The molecule has 20 heavy (non-hydrogen) atoms. The fourth-order valence-corrected chi connectivity index (χ4v) is 3.23. The summed E-state index contributed by atoms with van der Waals surface area (Å²) in [7, 11) is -3.13. The number of aromatic nitrogens is 2. The van der Waals surface area contributed by atoms with E-state index in [-0.39, 0.29) is 5.75 Å². The molecule has 0 radical (unpaired) electrons. The molecule has 0 unspecified atom stereocenters. The number of hydrogen-bond acceptors (Lipinski definition) is 4. The van der Waals surface area contributed by atoms with Gasteiger partial charge in [-0.3, -0.25) is 4.68 Å². The quantitative estimate of drug-likeness (QED) is 0.867. The van der Waals surface area contributed by atoms with Crippen molar-refractivity contribution in [2.45, 2.75) is 65.3 Å². The molecule has 0 atom stereocenters. The number of hydrogen-bond donors (Lipinski definition) is 1. The molecule has 0 aromatic carbocycles. The van der Waals surface area contributed by atoms with Crippen molar-refractivity contribution in [3.05, 3.63) is 17.0 Å². The minimum Gasteiger partial charge on any atom is -0.326 e. The summed E-state index contributed by atoms with van der Waals surface area (Å²) in [5.74, 6) is 0.109. The van der Waals surface area contributed by atoms with E-state index in [1.54, 1.807) is 20.8 Å². The van der Waals surface area contributed by atoms with E-state index in [4.69, 9.17) is 5.73 Å². The second-order valence-corrected chi connectivity index (χ2v) is 8.80. The molecule has 0 aliphatic heterocycles. The van der Waals surface area contributed by atoms with E-state index in [1.807, 2.05) is 18.5 Å². The molecule has 0 saturated heterocycles. The Bertz CT molecular complexity index is 554. The van der Waals surface area contributed by atoms with Crippen LogP contribution in [0.15, 0.2) is 0 Å². The summed E-state index contributed by atoms with van der Waals surface area (Å²) in [5.41, 5.74) is 8.92. The number of aryl methyl sites for hydroxylation is 2. The average molecular weight is 301 g/mol. The maximum Gasteiger partial charge on any atom is 0.157 e. The van der Waals surface area contributed by atoms with Gasteiger partial charge >= 0.3 is 0 Å². The van der Waals surface area contributed by atoms with Crippen LogP contribution in [0.25, 0.3) is 0 Å². The highest BCUT2D eigenvalue weighted by Crippen LogP contribution is 2.19. The van der Waals surface area contributed by atoms with E-state index in [9.17, 15) is 8.42 Å². The SMILES string of the molecule is CCc1nn(CCS(=O)(=O)C(C)(C)C)c(CC)c1CN. The van der Waals surface area contributed by atoms with Crippen LogP contribution in [0.3, 0.4) is 0 Å². The Hall–Kier alpha value is -0.880. The summed E-state index contributed by atoms with van der Waals surface area (Å²) in [5, 5.41) is 4.53. The number of sulfone groups is 1. The number of rotatable bonds is 6. The Balaban J connectivity index is 3.03. The van der Waals surface area contributed by atoms with Crippen LogP contribution in [0.2, 0.25) is 0 Å². The fourth-order valence-electron chi connectivity index (χ4n) is 2.20. The maximum absolute atomic E-state index is 12.2. The molecule has 1 aromatic heterocycles. The largest absolute Gasteiger partial charge is 0.326 e. The Morgan fingerprint density at radius 3 is 2.20 bits per heavy atom. The highest BCUT2D eigenvalue weighted by Gasteiger charge is 2.29. The first kappa shape index (κ1) is 17.2. The maximum atomic E-state index is 12.2. The summed E-state index contributed by atoms with van der Waals surface area (Å²) < 4.78 is 25.5. The van der Waals surface area contributed by atoms with Crippen LogP contribution in [-0.4, -0.2) is 28.7 Å². The molecule has 2 N–H and O–H groups in total. The van der Waals surface area contributed by atoms with E-state index < -0.39 is 14.6 Å². The molecule has 0 saturated carbocycles. The van der Waals surface area contributed by atoms with Crippen molar-refractivity contribution in [1.29, 1.82) is 0 Å². The summed E-state index contributed by atoms with van der Waals surface area (Å²) in [6.07, 6.45) is 1.63. The molecule has 116 valence electrons. The predicted octanol–water partition coefficient (Wildman–Crippen LogP) is 1.68. The molecular weight excluding hydrogens is 274 g/mol. The lowest BCUT2D eigenvalue weighted by Crippen LogP contribution is -2.32. The Morgan fingerprint density at radius 1 is 1.20 bits per heavy atom. The molecule has 0 fully saturated rings. The zero-order chi connectivity index (χ0) is 15.6. The van der Waals surface area contributed by atoms with Crippen molar-refractivity contribution in [2.75, 3.05) is 5.75 Å². The van der Waals surface area contributed by atoms with Gasteiger partial charge in [0.25, 0.3) is 0 Å². The minimum absolute atomic E-state index is 0.109. The zero-order valence-corrected chi connectivity index (χ0v) is 14.0. The molecular formula is C14H27N3O2S. The first-order chi connectivity index (χ1) is 9.17. The number of nitrogens with zero attached hydrogens (tertiary/aromatic N) is 2. The van der Waals surface area contributed by atoms with E-state index >= 15 is 0 Å². The summed E-state index contributed by atoms with van der Waals surface area (Å²) in [6.45, 7) is 10.1. The first-order valence-corrected chi connectivity index (χ1v) is 8.82. The van der Waals surface area contributed by atoms with Crippen LogP contribution in [-0.2, 0) is 35.8 Å². The molecule has 1 aromatic rings. The van der Waals surface area contributed by atoms with Crippen LogP contribution >= 0.6 is 0 Å². The van der Waals surface area contributed by atoms with Crippen molar-refractivity contribution in [1.82, 2.24) is 9.78 Å². The summed E-state index contributed by atoms with van der Waals surface area (Å²) in [4.78, 5) is 0. The van der Waals surface area contributed by atoms with Gasteiger partial charge in [-0.05, 0) is 33.6 Å². The van der Waals surface area contributed by atoms with Crippen LogP contribution in [0.4, 0.5) is 0 Å². The highest BCUT2D eigenvalue weighted by molar-refractivity contribution is 7.92. The highest BCUT2D eigenvalue weighted by atomic mass is 32.2. The van der Waals surface area contributed by atoms with Gasteiger partial charge in [-0.15, -0.1) is 0 Å². The van der Waals surface area contributed by atoms with E-state index in [0.717, 1.165) is 29.8 Å². The third-order valence-electron chi connectivity index (χ3n) is 3.63. The lowest BCUT2D eigenvalue weighted by molar-refractivity contribution is 0.543. The van der Waals surface area contributed by atoms with Gasteiger partial charge in [0.15, 0.2) is 9.84 Å². The van der Waals surface area contributed by atoms with Gasteiger partial charge in [0.2, 0.25) is 0 Å². The molecule has 0 amide bonds. The smallest absolute Gasteiger partial charge is 0.157 e. The normalized spacial score (nSPS) is 12.9. The zero-order valence-electron chi connectivity index (χ0n) is 13.2. The van der Waals surface area contributed by atoms with Crippen LogP contribution in [0.5, 0.6) is 0 Å². The molecule has 0 aliphatic rings. The van der Waals surface area contributed by atoms with E-state index in [2.05, 4.69) is 5.10 Å². The van der Waals surface area contributed by atoms with E-state index in [1.165, 1.54) is 0 Å². The van der Waals surface area contributed by atoms with Gasteiger partial charge in [-0.2, -0.15) is 5.10 Å². The Morgan fingerprint density at radius 2 is 1.80 bits per heavy atom. The second-order valence-electron chi connectivity index (χ2n) is 5.94. The van der Waals surface area contributed by atoms with Gasteiger partial charge in [0, 0.05) is 17.8 Å². The van der Waals surface area contributed by atoms with Crippen molar-refractivity contribution >= 4 is 9.84 Å². The molecule has 6 heteroatoms. The van der Waals surface area contributed by atoms with Crippen molar-refractivity contribution in [2.24, 2.45) is 5.73 Å². The van der Waals surface area contributed by atoms with Gasteiger partial charge in [0.05, 0.1) is 22.7 Å². The lowest BCUT2D eigenvalue weighted by Gasteiger charge is -2.19. The van der Waals surface area contributed by atoms with E-state index in [0.29, 0.717) is 13.1 Å². The van der Waals surface area contributed by atoms with Crippen LogP contribution in [0, 0.1) is 0 Å². The topological polar surface area (TPSA) is 78.0 Å². The van der Waals surface area contributed by atoms with Crippen LogP contribution in [0.1, 0.15) is 51.6 Å². The number of nitrogens with two attached hydrogens (primary N) is 1. The third kappa shape index (κ3) is 3.41. The average Bonchev–Trinajstić information content (AvgIpc) is 2.71. The third-order valence-corrected chi connectivity index (χ3v) is 6.21. The molecule has 5 nitrogen and oxygen atoms in total. The predicted molar refractivity (Wildman–Crippen MR) is 82.4 cm³/mol. The molecule has 1 heterocycles. The standard InChI is InChI=1S/C14H27N3O2S/c1-6-12-11(10-15)13(7-2)17(16-12)8-9-20(18,19)14(3,4)5/h6-10,15H2,1-5H3. The van der Waals surface area contributed by atoms with Gasteiger partial charge < -0.3 is 5.73 Å². The molecule has 0 spiro atoms. The van der Waals surface area contributed by atoms with Gasteiger partial charge in [-0.1, -0.05) is 13.8 Å². The second kappa shape index (κ2) is 6.26. The fraction of sp³-hybridized carbons (Fsp3) is 0.786. The molecule has 0 aliphatic carbocycles. The summed E-state index contributed by atoms with van der Waals surface area (Å²) >= 11 is 0. The lowest BCUT2D eigenvalue weighted by atomic mass is 10.1. The summed E-state index contributed by atoms with van der Waals surface area (Å²) in [6, 6.07) is 0. The van der Waals surface area contributed by atoms with Crippen LogP contribution < -0.4 is 5.73 Å². The Labute approximate surface area is 122 Å². The molecule has 1 rings (SSSR count).